The van der Waals surface area contributed by atoms with Crippen molar-refractivity contribution in [3.63, 3.8) is 0 Å². The summed E-state index contributed by atoms with van der Waals surface area (Å²) in [6.45, 7) is 7.71. The van der Waals surface area contributed by atoms with Crippen molar-refractivity contribution in [1.29, 1.82) is 0 Å². The van der Waals surface area contributed by atoms with Crippen LogP contribution in [0.5, 0.6) is 11.5 Å². The highest BCUT2D eigenvalue weighted by Crippen LogP contribution is 2.46. The van der Waals surface area contributed by atoms with Crippen LogP contribution in [0.1, 0.15) is 60.6 Å². The Kier molecular flexibility index (Phi) is 10.4. The van der Waals surface area contributed by atoms with E-state index in [1.54, 1.807) is 13.2 Å². The Morgan fingerprint density at radius 2 is 2.11 bits per heavy atom. The monoisotopic (exact) mass is 513 g/mol. The van der Waals surface area contributed by atoms with Crippen molar-refractivity contribution in [2.24, 2.45) is 0 Å². The van der Waals surface area contributed by atoms with Gasteiger partial charge in [0.25, 0.3) is 0 Å². The number of aryl methyl sites for hydroxylation is 2. The number of methoxy groups -OCH3 is 1. The number of rotatable bonds is 10. The van der Waals surface area contributed by atoms with Crippen LogP contribution in [0.15, 0.2) is 59.5 Å². The third-order valence-corrected chi connectivity index (χ3v) is 6.32. The second kappa shape index (κ2) is 13.9. The molecule has 198 valence electrons. The summed E-state index contributed by atoms with van der Waals surface area (Å²) in [5, 5.41) is 9.43. The van der Waals surface area contributed by atoms with Gasteiger partial charge in [-0.1, -0.05) is 30.4 Å². The predicted molar refractivity (Wildman–Crippen MR) is 151 cm³/mol. The van der Waals surface area contributed by atoms with Crippen LogP contribution in [0.2, 0.25) is 0 Å². The Morgan fingerprint density at radius 3 is 2.76 bits per heavy atom. The first-order valence-electron chi connectivity index (χ1n) is 12.7. The average molecular weight is 514 g/mol. The molecule has 2 aromatic carbocycles. The van der Waals surface area contributed by atoms with Crippen molar-refractivity contribution >= 4 is 12.0 Å². The van der Waals surface area contributed by atoms with Crippen molar-refractivity contribution in [3.8, 4) is 35.0 Å². The molecule has 1 unspecified atom stereocenters. The van der Waals surface area contributed by atoms with Gasteiger partial charge in [-0.25, -0.2) is 4.98 Å². The molecule has 1 heterocycles. The molecule has 0 radical (unpaired) electrons. The van der Waals surface area contributed by atoms with Gasteiger partial charge in [-0.05, 0) is 73.6 Å². The Labute approximate surface area is 225 Å². The Morgan fingerprint density at radius 1 is 1.32 bits per heavy atom. The number of benzene rings is 2. The minimum Gasteiger partial charge on any atom is -0.496 e. The van der Waals surface area contributed by atoms with Gasteiger partial charge in [0.2, 0.25) is 5.89 Å². The fourth-order valence-corrected chi connectivity index (χ4v) is 4.68. The normalized spacial score (nSPS) is 13.8. The Balaban J connectivity index is 0.000000732. The number of carbonyl (C=O) groups is 1. The van der Waals surface area contributed by atoms with Crippen molar-refractivity contribution < 1.29 is 23.8 Å². The lowest BCUT2D eigenvalue weighted by Gasteiger charge is -2.19. The molecule has 0 aliphatic heterocycles. The molecule has 4 rings (SSSR count). The smallest absolute Gasteiger partial charge is 0.303 e. The maximum atomic E-state index is 11.5. The first-order chi connectivity index (χ1) is 18.4. The molecular formula is C32H35NO5. The van der Waals surface area contributed by atoms with Gasteiger partial charge < -0.3 is 19.0 Å². The average Bonchev–Trinajstić information content (AvgIpc) is 3.46. The van der Waals surface area contributed by atoms with Crippen LogP contribution in [-0.2, 0) is 17.6 Å². The maximum absolute atomic E-state index is 11.5. The van der Waals surface area contributed by atoms with Gasteiger partial charge in [-0.15, -0.1) is 18.9 Å². The van der Waals surface area contributed by atoms with E-state index in [4.69, 9.17) is 20.3 Å². The van der Waals surface area contributed by atoms with Crippen molar-refractivity contribution in [2.75, 3.05) is 13.7 Å². The molecule has 3 aromatic rings. The fraction of sp³-hybridized carbons (Fsp3) is 0.312. The molecule has 0 spiro atoms. The summed E-state index contributed by atoms with van der Waals surface area (Å²) in [6, 6.07) is 11.9. The molecule has 0 saturated heterocycles. The van der Waals surface area contributed by atoms with E-state index in [1.807, 2.05) is 56.3 Å². The van der Waals surface area contributed by atoms with Crippen LogP contribution in [0.4, 0.5) is 0 Å². The summed E-state index contributed by atoms with van der Waals surface area (Å²) in [7, 11) is 1.65. The van der Waals surface area contributed by atoms with Crippen LogP contribution in [0.25, 0.3) is 17.2 Å². The summed E-state index contributed by atoms with van der Waals surface area (Å²) in [5.74, 6) is 4.52. The van der Waals surface area contributed by atoms with E-state index < -0.39 is 5.97 Å². The summed E-state index contributed by atoms with van der Waals surface area (Å²) >= 11 is 0. The highest BCUT2D eigenvalue weighted by molar-refractivity contribution is 5.78. The number of fused-ring (bicyclic) bond motifs is 1. The molecular weight excluding hydrogens is 478 g/mol. The number of ether oxygens (including phenoxy) is 2. The van der Waals surface area contributed by atoms with E-state index in [0.29, 0.717) is 25.3 Å². The van der Waals surface area contributed by atoms with Crippen LogP contribution in [0, 0.1) is 19.3 Å². The van der Waals surface area contributed by atoms with E-state index in [9.17, 15) is 9.90 Å². The highest BCUT2D eigenvalue weighted by atomic mass is 16.5. The SMILES string of the molecule is C#CCC=C.C/C=C/c1nc(CCOc2cc3c(c(-c4ccccc4OC)c2)C(CC(=O)O)CC3)c(C)o1. The second-order valence-corrected chi connectivity index (χ2v) is 8.93. The number of aliphatic carboxylic acids is 1. The number of hydrogen-bond acceptors (Lipinski definition) is 5. The van der Waals surface area contributed by atoms with E-state index >= 15 is 0 Å². The number of carboxylic acids is 1. The lowest BCUT2D eigenvalue weighted by molar-refractivity contribution is -0.137. The van der Waals surface area contributed by atoms with E-state index in [-0.39, 0.29) is 12.3 Å². The number of terminal acetylenes is 1. The van der Waals surface area contributed by atoms with Gasteiger partial charge in [-0.3, -0.25) is 4.79 Å². The Bertz CT molecular complexity index is 1330. The minimum atomic E-state index is -0.778. The van der Waals surface area contributed by atoms with Crippen LogP contribution < -0.4 is 9.47 Å². The first-order valence-corrected chi connectivity index (χ1v) is 12.7. The number of para-hydroxylation sites is 1. The van der Waals surface area contributed by atoms with Gasteiger partial charge in [0.1, 0.15) is 17.3 Å². The third-order valence-electron chi connectivity index (χ3n) is 6.32. The Hall–Kier alpha value is -4.24. The molecule has 1 atom stereocenters. The van der Waals surface area contributed by atoms with Crippen LogP contribution in [0.3, 0.4) is 0 Å². The maximum Gasteiger partial charge on any atom is 0.303 e. The van der Waals surface area contributed by atoms with Crippen molar-refractivity contribution in [3.05, 3.63) is 83.6 Å². The lowest BCUT2D eigenvalue weighted by atomic mass is 9.89. The first kappa shape index (κ1) is 28.3. The van der Waals surface area contributed by atoms with E-state index in [1.165, 1.54) is 0 Å². The molecule has 0 bridgehead atoms. The molecule has 0 saturated carbocycles. The van der Waals surface area contributed by atoms with E-state index in [0.717, 1.165) is 58.0 Å². The number of nitrogens with zero attached hydrogens (tertiary/aromatic N) is 1. The molecule has 1 aromatic heterocycles. The van der Waals surface area contributed by atoms with Gasteiger partial charge in [0.15, 0.2) is 0 Å². The molecule has 1 N–H and O–H groups in total. The van der Waals surface area contributed by atoms with E-state index in [2.05, 4.69) is 23.5 Å². The van der Waals surface area contributed by atoms with Crippen molar-refractivity contribution in [2.45, 2.75) is 51.9 Å². The molecule has 6 nitrogen and oxygen atoms in total. The second-order valence-electron chi connectivity index (χ2n) is 8.93. The molecule has 0 fully saturated rings. The summed E-state index contributed by atoms with van der Waals surface area (Å²) < 4.78 is 17.4. The summed E-state index contributed by atoms with van der Waals surface area (Å²) in [5.41, 5.74) is 5.06. The number of oxazole rings is 1. The zero-order valence-corrected chi connectivity index (χ0v) is 22.3. The lowest BCUT2D eigenvalue weighted by Crippen LogP contribution is -2.06. The predicted octanol–water partition coefficient (Wildman–Crippen LogP) is 7.01. The van der Waals surface area contributed by atoms with Gasteiger partial charge >= 0.3 is 5.97 Å². The number of carboxylic acid groups (broad SMARTS) is 1. The van der Waals surface area contributed by atoms with Crippen LogP contribution in [-0.4, -0.2) is 29.8 Å². The number of hydrogen-bond donors (Lipinski definition) is 1. The quantitative estimate of drug-likeness (QED) is 0.232. The summed E-state index contributed by atoms with van der Waals surface area (Å²) in [4.78, 5) is 16.0. The highest BCUT2D eigenvalue weighted by Gasteiger charge is 2.29. The number of aromatic nitrogens is 1. The number of allylic oxidation sites excluding steroid dienone is 2. The topological polar surface area (TPSA) is 81.8 Å². The molecule has 6 heteroatoms. The summed E-state index contributed by atoms with van der Waals surface area (Å²) in [6.07, 6.45) is 13.3. The van der Waals surface area contributed by atoms with Gasteiger partial charge in [-0.2, -0.15) is 0 Å². The van der Waals surface area contributed by atoms with Gasteiger partial charge in [0, 0.05) is 18.4 Å². The molecule has 38 heavy (non-hydrogen) atoms. The zero-order valence-electron chi connectivity index (χ0n) is 22.3. The molecule has 1 aliphatic carbocycles. The minimum absolute atomic E-state index is 0.0192. The molecule has 1 aliphatic rings. The fourth-order valence-electron chi connectivity index (χ4n) is 4.68. The van der Waals surface area contributed by atoms with Crippen molar-refractivity contribution in [1.82, 2.24) is 4.98 Å². The molecule has 0 amide bonds. The largest absolute Gasteiger partial charge is 0.496 e. The van der Waals surface area contributed by atoms with Crippen LogP contribution >= 0.6 is 0 Å². The zero-order chi connectivity index (χ0) is 27.5. The van der Waals surface area contributed by atoms with Gasteiger partial charge in [0.05, 0.1) is 25.8 Å². The standard InChI is InChI=1S/C27H29NO5.C5H6/c1-4-7-25-28-23(17(2)33-25)12-13-32-20-14-18-10-11-19(15-26(29)30)27(18)22(16-20)21-8-5-6-9-24(21)31-3;1-3-5-4-2/h4-9,14,16,19H,10-13,15H2,1-3H3,(H,29,30);1,4H,2,5H2/b7-4+;. The third kappa shape index (κ3) is 7.17.